The van der Waals surface area contributed by atoms with Crippen molar-refractivity contribution in [3.05, 3.63) is 12.7 Å². The second-order valence-electron chi connectivity index (χ2n) is 4.34. The zero-order valence-electron chi connectivity index (χ0n) is 9.13. The molecule has 0 aromatic heterocycles. The fraction of sp³-hybridized carbons (Fsp3) is 0.818. The Morgan fingerprint density at radius 1 is 1.64 bits per heavy atom. The average Bonchev–Trinajstić information content (AvgIpc) is 2.53. The summed E-state index contributed by atoms with van der Waals surface area (Å²) in [4.78, 5) is 2.24. The van der Waals surface area contributed by atoms with Gasteiger partial charge < -0.3 is 10.4 Å². The first kappa shape index (κ1) is 11.7. The van der Waals surface area contributed by atoms with Crippen LogP contribution in [0.25, 0.3) is 0 Å². The van der Waals surface area contributed by atoms with E-state index >= 15 is 0 Å². The quantitative estimate of drug-likeness (QED) is 0.614. The average molecular weight is 198 g/mol. The van der Waals surface area contributed by atoms with E-state index < -0.39 is 0 Å². The third-order valence-electron chi connectivity index (χ3n) is 2.83. The van der Waals surface area contributed by atoms with E-state index in [2.05, 4.69) is 23.7 Å². The molecule has 0 aromatic carbocycles. The summed E-state index contributed by atoms with van der Waals surface area (Å²) in [5.74, 6) is 0. The van der Waals surface area contributed by atoms with Gasteiger partial charge in [0.2, 0.25) is 0 Å². The number of nitrogens with one attached hydrogen (secondary N) is 1. The molecular weight excluding hydrogens is 176 g/mol. The first-order chi connectivity index (χ1) is 6.70. The van der Waals surface area contributed by atoms with E-state index in [9.17, 15) is 0 Å². The summed E-state index contributed by atoms with van der Waals surface area (Å²) in [7, 11) is 0. The maximum Gasteiger partial charge on any atom is 0.0558 e. The molecule has 1 aliphatic rings. The highest BCUT2D eigenvalue weighted by Crippen LogP contribution is 2.19. The van der Waals surface area contributed by atoms with Crippen molar-refractivity contribution < 1.29 is 5.11 Å². The predicted octanol–water partition coefficient (Wildman–Crippen LogP) is 0.609. The van der Waals surface area contributed by atoms with Gasteiger partial charge in [0.1, 0.15) is 0 Å². The number of aliphatic hydroxyl groups is 1. The Hall–Kier alpha value is -0.380. The highest BCUT2D eigenvalue weighted by Gasteiger charge is 2.29. The van der Waals surface area contributed by atoms with Gasteiger partial charge in [-0.3, -0.25) is 4.90 Å². The summed E-state index contributed by atoms with van der Waals surface area (Å²) < 4.78 is 0. The molecule has 1 aliphatic heterocycles. The molecule has 3 heteroatoms. The fourth-order valence-electron chi connectivity index (χ4n) is 2.14. The van der Waals surface area contributed by atoms with Crippen LogP contribution >= 0.6 is 0 Å². The Balaban J connectivity index is 2.40. The number of hydrogen-bond donors (Lipinski definition) is 2. The second-order valence-corrected chi connectivity index (χ2v) is 4.34. The number of rotatable bonds is 6. The molecule has 0 aliphatic carbocycles. The number of aliphatic hydroxyl groups excluding tert-OH is 1. The summed E-state index contributed by atoms with van der Waals surface area (Å²) in [6.45, 7) is 9.94. The smallest absolute Gasteiger partial charge is 0.0558 e. The normalized spacial score (nSPS) is 27.1. The maximum absolute atomic E-state index is 8.92. The molecule has 3 nitrogen and oxygen atoms in total. The van der Waals surface area contributed by atoms with Gasteiger partial charge in [-0.1, -0.05) is 6.08 Å². The minimum absolute atomic E-state index is 0.226. The Kier molecular flexibility index (Phi) is 4.58. The summed E-state index contributed by atoms with van der Waals surface area (Å²) >= 11 is 0. The largest absolute Gasteiger partial charge is 0.395 e. The Bertz CT molecular complexity index is 176. The number of nitrogens with zero attached hydrogens (tertiary/aromatic N) is 1. The van der Waals surface area contributed by atoms with Crippen LogP contribution in [0.1, 0.15) is 19.8 Å². The molecule has 0 spiro atoms. The lowest BCUT2D eigenvalue weighted by atomic mass is 10.00. The zero-order valence-corrected chi connectivity index (χ0v) is 9.13. The van der Waals surface area contributed by atoms with Gasteiger partial charge in [-0.15, -0.1) is 6.58 Å². The van der Waals surface area contributed by atoms with Crippen molar-refractivity contribution in [2.24, 2.45) is 0 Å². The highest BCUT2D eigenvalue weighted by atomic mass is 16.3. The van der Waals surface area contributed by atoms with E-state index in [1.54, 1.807) is 0 Å². The van der Waals surface area contributed by atoms with Crippen molar-refractivity contribution in [3.63, 3.8) is 0 Å². The molecule has 14 heavy (non-hydrogen) atoms. The standard InChI is InChI=1S/C11H22N2O/c1-3-7-13(8-9-14)10-11(2)5-4-6-12-11/h3,12,14H,1,4-10H2,2H3. The molecule has 0 amide bonds. The molecule has 1 rings (SSSR count). The molecule has 1 atom stereocenters. The van der Waals surface area contributed by atoms with Crippen LogP contribution in [0.2, 0.25) is 0 Å². The molecule has 1 unspecified atom stereocenters. The number of hydrogen-bond acceptors (Lipinski definition) is 3. The van der Waals surface area contributed by atoms with E-state index in [0.29, 0.717) is 0 Å². The highest BCUT2D eigenvalue weighted by molar-refractivity contribution is 4.92. The van der Waals surface area contributed by atoms with Crippen LogP contribution in [0.4, 0.5) is 0 Å². The monoisotopic (exact) mass is 198 g/mol. The van der Waals surface area contributed by atoms with Gasteiger partial charge in [0.05, 0.1) is 6.61 Å². The third kappa shape index (κ3) is 3.40. The lowest BCUT2D eigenvalue weighted by Gasteiger charge is -2.31. The van der Waals surface area contributed by atoms with E-state index in [1.165, 1.54) is 12.8 Å². The molecule has 82 valence electrons. The lowest BCUT2D eigenvalue weighted by Crippen LogP contribution is -2.48. The summed E-state index contributed by atoms with van der Waals surface area (Å²) in [6, 6.07) is 0. The van der Waals surface area contributed by atoms with E-state index in [-0.39, 0.29) is 12.1 Å². The summed E-state index contributed by atoms with van der Waals surface area (Å²) in [5, 5.41) is 12.4. The van der Waals surface area contributed by atoms with Crippen molar-refractivity contribution in [1.82, 2.24) is 10.2 Å². The maximum atomic E-state index is 8.92. The van der Waals surface area contributed by atoms with Crippen molar-refractivity contribution in [2.75, 3.05) is 32.8 Å². The SMILES string of the molecule is C=CCN(CCO)CC1(C)CCCN1. The molecule has 1 saturated heterocycles. The second kappa shape index (κ2) is 5.49. The molecule has 0 aromatic rings. The van der Waals surface area contributed by atoms with Crippen LogP contribution in [0.5, 0.6) is 0 Å². The van der Waals surface area contributed by atoms with E-state index in [0.717, 1.165) is 26.2 Å². The first-order valence-electron chi connectivity index (χ1n) is 5.39. The van der Waals surface area contributed by atoms with Crippen LogP contribution in [0.15, 0.2) is 12.7 Å². The third-order valence-corrected chi connectivity index (χ3v) is 2.83. The van der Waals surface area contributed by atoms with Gasteiger partial charge in [-0.05, 0) is 26.3 Å². The van der Waals surface area contributed by atoms with Crippen LogP contribution in [-0.2, 0) is 0 Å². The molecule has 2 N–H and O–H groups in total. The van der Waals surface area contributed by atoms with Crippen LogP contribution in [0, 0.1) is 0 Å². The van der Waals surface area contributed by atoms with Gasteiger partial charge in [0.25, 0.3) is 0 Å². The lowest BCUT2D eigenvalue weighted by molar-refractivity contribution is 0.173. The van der Waals surface area contributed by atoms with Gasteiger partial charge in [-0.2, -0.15) is 0 Å². The first-order valence-corrected chi connectivity index (χ1v) is 5.39. The molecule has 0 radical (unpaired) electrons. The minimum Gasteiger partial charge on any atom is -0.395 e. The molecule has 0 bridgehead atoms. The molecule has 1 fully saturated rings. The van der Waals surface area contributed by atoms with Gasteiger partial charge >= 0.3 is 0 Å². The van der Waals surface area contributed by atoms with Crippen molar-refractivity contribution in [2.45, 2.75) is 25.3 Å². The van der Waals surface area contributed by atoms with Crippen molar-refractivity contribution in [1.29, 1.82) is 0 Å². The van der Waals surface area contributed by atoms with Gasteiger partial charge in [0.15, 0.2) is 0 Å². The Morgan fingerprint density at radius 2 is 2.43 bits per heavy atom. The van der Waals surface area contributed by atoms with E-state index in [1.807, 2.05) is 6.08 Å². The Morgan fingerprint density at radius 3 is 2.93 bits per heavy atom. The molecular formula is C11H22N2O. The van der Waals surface area contributed by atoms with Crippen LogP contribution in [0.3, 0.4) is 0 Å². The van der Waals surface area contributed by atoms with Crippen LogP contribution < -0.4 is 5.32 Å². The minimum atomic E-state index is 0.226. The zero-order chi connectivity index (χ0) is 10.4. The topological polar surface area (TPSA) is 35.5 Å². The predicted molar refractivity (Wildman–Crippen MR) is 59.4 cm³/mol. The van der Waals surface area contributed by atoms with Crippen molar-refractivity contribution >= 4 is 0 Å². The molecule has 0 saturated carbocycles. The summed E-state index contributed by atoms with van der Waals surface area (Å²) in [5.41, 5.74) is 0.234. The Labute approximate surface area is 86.8 Å². The van der Waals surface area contributed by atoms with Crippen molar-refractivity contribution in [3.8, 4) is 0 Å². The van der Waals surface area contributed by atoms with Crippen LogP contribution in [-0.4, -0.2) is 48.3 Å². The van der Waals surface area contributed by atoms with Gasteiger partial charge in [0, 0.05) is 25.2 Å². The van der Waals surface area contributed by atoms with Gasteiger partial charge in [-0.25, -0.2) is 0 Å². The molecule has 1 heterocycles. The van der Waals surface area contributed by atoms with E-state index in [4.69, 9.17) is 5.11 Å². The summed E-state index contributed by atoms with van der Waals surface area (Å²) in [6.07, 6.45) is 4.39. The fourth-order valence-corrected chi connectivity index (χ4v) is 2.14.